The smallest absolute Gasteiger partial charge is 0.407 e. The van der Waals surface area contributed by atoms with Crippen molar-refractivity contribution >= 4 is 35.2 Å². The summed E-state index contributed by atoms with van der Waals surface area (Å²) in [6.07, 6.45) is -3.70. The first-order chi connectivity index (χ1) is 15.4. The van der Waals surface area contributed by atoms with Gasteiger partial charge in [0.25, 0.3) is 0 Å². The minimum Gasteiger partial charge on any atom is -0.449 e. The highest BCUT2D eigenvalue weighted by molar-refractivity contribution is 6.34. The van der Waals surface area contributed by atoms with Gasteiger partial charge in [-0.05, 0) is 22.3 Å². The molecule has 0 spiro atoms. The van der Waals surface area contributed by atoms with Crippen molar-refractivity contribution in [2.24, 2.45) is 0 Å². The molecular formula is C22H20Cl2N4O4. The topological polar surface area (TPSA) is 131 Å². The predicted molar refractivity (Wildman–Crippen MR) is 121 cm³/mol. The second kappa shape index (κ2) is 9.30. The summed E-state index contributed by atoms with van der Waals surface area (Å²) in [7, 11) is 0. The Kier molecular flexibility index (Phi) is 6.48. The Morgan fingerprint density at radius 1 is 1.03 bits per heavy atom. The van der Waals surface area contributed by atoms with Gasteiger partial charge < -0.3 is 26.0 Å². The van der Waals surface area contributed by atoms with Crippen LogP contribution in [0.3, 0.4) is 0 Å². The van der Waals surface area contributed by atoms with Crippen LogP contribution in [0.5, 0.6) is 0 Å². The van der Waals surface area contributed by atoms with Crippen molar-refractivity contribution in [2.75, 3.05) is 18.9 Å². The minimum absolute atomic E-state index is 0.0793. The number of amides is 1. The molecule has 5 N–H and O–H groups in total. The standard InChI is InChI=1S/C22H20Cl2N4O4/c23-19-17(20(24)28-21(25)27-19)18(30)16(29)9-26-22(31)32-10-15-13-7-3-1-5-11(13)12-6-2-4-8-14(12)15/h1-8,15-16,18,29-30H,9-10H2,(H,26,31)(H2,25,27,28). The number of aliphatic hydroxyl groups is 2. The number of hydrogen-bond acceptors (Lipinski definition) is 7. The number of alkyl carbamates (subject to hydrolysis) is 1. The van der Waals surface area contributed by atoms with Crippen molar-refractivity contribution < 1.29 is 19.7 Å². The zero-order valence-corrected chi connectivity index (χ0v) is 18.2. The fraction of sp³-hybridized carbons (Fsp3) is 0.227. The van der Waals surface area contributed by atoms with E-state index in [2.05, 4.69) is 15.3 Å². The van der Waals surface area contributed by atoms with Crippen molar-refractivity contribution in [1.82, 2.24) is 15.3 Å². The van der Waals surface area contributed by atoms with Gasteiger partial charge in [-0.25, -0.2) is 14.8 Å². The number of halogens is 2. The Morgan fingerprint density at radius 2 is 1.56 bits per heavy atom. The van der Waals surface area contributed by atoms with Crippen LogP contribution in [-0.4, -0.2) is 45.5 Å². The quantitative estimate of drug-likeness (QED) is 0.403. The van der Waals surface area contributed by atoms with Gasteiger partial charge in [-0.15, -0.1) is 0 Å². The molecule has 1 heterocycles. The molecule has 32 heavy (non-hydrogen) atoms. The average Bonchev–Trinajstić information content (AvgIpc) is 3.09. The molecule has 0 fully saturated rings. The number of carbonyl (C=O) groups excluding carboxylic acids is 1. The molecule has 2 atom stereocenters. The Hall–Kier alpha value is -2.91. The highest BCUT2D eigenvalue weighted by Gasteiger charge is 2.30. The van der Waals surface area contributed by atoms with E-state index in [4.69, 9.17) is 33.7 Å². The molecule has 1 amide bonds. The average molecular weight is 475 g/mol. The second-order valence-corrected chi connectivity index (χ2v) is 8.01. The number of nitrogens with one attached hydrogen (secondary N) is 1. The maximum Gasteiger partial charge on any atom is 0.407 e. The summed E-state index contributed by atoms with van der Waals surface area (Å²) in [4.78, 5) is 19.7. The van der Waals surface area contributed by atoms with E-state index in [-0.39, 0.29) is 40.9 Å². The molecule has 0 bridgehead atoms. The lowest BCUT2D eigenvalue weighted by Gasteiger charge is -2.20. The number of ether oxygens (including phenoxy) is 1. The molecule has 4 rings (SSSR count). The third-order valence-electron chi connectivity index (χ3n) is 5.33. The summed E-state index contributed by atoms with van der Waals surface area (Å²) in [6.45, 7) is -0.184. The first-order valence-electron chi connectivity index (χ1n) is 9.80. The highest BCUT2D eigenvalue weighted by Crippen LogP contribution is 2.44. The number of aromatic nitrogens is 2. The fourth-order valence-corrected chi connectivity index (χ4v) is 4.44. The van der Waals surface area contributed by atoms with Crippen LogP contribution in [-0.2, 0) is 4.74 Å². The molecule has 0 aliphatic heterocycles. The number of aliphatic hydroxyl groups excluding tert-OH is 2. The molecule has 2 aromatic carbocycles. The molecule has 166 valence electrons. The zero-order chi connectivity index (χ0) is 22.8. The van der Waals surface area contributed by atoms with E-state index in [0.29, 0.717) is 0 Å². The van der Waals surface area contributed by atoms with Crippen LogP contribution in [0.2, 0.25) is 10.3 Å². The van der Waals surface area contributed by atoms with Crippen molar-refractivity contribution in [3.05, 3.63) is 75.5 Å². The largest absolute Gasteiger partial charge is 0.449 e. The lowest BCUT2D eigenvalue weighted by molar-refractivity contribution is 0.0183. The third kappa shape index (κ3) is 4.35. The molecule has 0 radical (unpaired) electrons. The van der Waals surface area contributed by atoms with Crippen molar-refractivity contribution in [2.45, 2.75) is 18.1 Å². The highest BCUT2D eigenvalue weighted by atomic mass is 35.5. The van der Waals surface area contributed by atoms with E-state index in [1.165, 1.54) is 0 Å². The summed E-state index contributed by atoms with van der Waals surface area (Å²) >= 11 is 11.9. The Balaban J connectivity index is 1.36. The van der Waals surface area contributed by atoms with E-state index in [0.717, 1.165) is 22.3 Å². The van der Waals surface area contributed by atoms with Crippen LogP contribution in [0.1, 0.15) is 28.7 Å². The van der Waals surface area contributed by atoms with Gasteiger partial charge >= 0.3 is 6.09 Å². The zero-order valence-electron chi connectivity index (χ0n) is 16.7. The number of rotatable bonds is 6. The maximum absolute atomic E-state index is 12.2. The summed E-state index contributed by atoms with van der Waals surface area (Å²) < 4.78 is 5.40. The number of fused-ring (bicyclic) bond motifs is 3. The number of anilines is 1. The van der Waals surface area contributed by atoms with E-state index in [9.17, 15) is 15.0 Å². The number of nitrogens with two attached hydrogens (primary N) is 1. The molecule has 1 aliphatic rings. The van der Waals surface area contributed by atoms with Gasteiger partial charge in [-0.2, -0.15) is 0 Å². The third-order valence-corrected chi connectivity index (χ3v) is 5.91. The van der Waals surface area contributed by atoms with Crippen LogP contribution >= 0.6 is 23.2 Å². The number of nitrogen functional groups attached to an aromatic ring is 1. The molecule has 8 nitrogen and oxygen atoms in total. The van der Waals surface area contributed by atoms with Crippen LogP contribution in [0.15, 0.2) is 48.5 Å². The Bertz CT molecular complexity index is 1090. The summed E-state index contributed by atoms with van der Waals surface area (Å²) in [5.74, 6) is -0.254. The monoisotopic (exact) mass is 474 g/mol. The van der Waals surface area contributed by atoms with Gasteiger partial charge in [0, 0.05) is 12.5 Å². The molecular weight excluding hydrogens is 455 g/mol. The number of carbonyl (C=O) groups is 1. The molecule has 1 aliphatic carbocycles. The molecule has 10 heteroatoms. The van der Waals surface area contributed by atoms with Gasteiger partial charge in [0.05, 0.1) is 5.56 Å². The number of hydrogen-bond donors (Lipinski definition) is 4. The van der Waals surface area contributed by atoms with Gasteiger partial charge in [-0.1, -0.05) is 71.7 Å². The lowest BCUT2D eigenvalue weighted by Crippen LogP contribution is -2.36. The molecule has 0 saturated carbocycles. The number of nitrogens with zero attached hydrogens (tertiary/aromatic N) is 2. The van der Waals surface area contributed by atoms with E-state index < -0.39 is 18.3 Å². The fourth-order valence-electron chi connectivity index (χ4n) is 3.82. The Labute approximate surface area is 194 Å². The second-order valence-electron chi connectivity index (χ2n) is 7.30. The van der Waals surface area contributed by atoms with Crippen molar-refractivity contribution in [1.29, 1.82) is 0 Å². The maximum atomic E-state index is 12.2. The van der Waals surface area contributed by atoms with Crippen LogP contribution in [0, 0.1) is 0 Å². The van der Waals surface area contributed by atoms with E-state index in [1.54, 1.807) is 0 Å². The molecule has 1 aromatic heterocycles. The van der Waals surface area contributed by atoms with E-state index >= 15 is 0 Å². The van der Waals surface area contributed by atoms with Crippen LogP contribution in [0.4, 0.5) is 10.7 Å². The van der Waals surface area contributed by atoms with Crippen LogP contribution in [0.25, 0.3) is 11.1 Å². The SMILES string of the molecule is Nc1nc(Cl)c(C(O)C(O)CNC(=O)OCC2c3ccccc3-c3ccccc32)c(Cl)n1. The van der Waals surface area contributed by atoms with Gasteiger partial charge in [-0.3, -0.25) is 0 Å². The van der Waals surface area contributed by atoms with Crippen molar-refractivity contribution in [3.8, 4) is 11.1 Å². The van der Waals surface area contributed by atoms with Gasteiger partial charge in [0.15, 0.2) is 0 Å². The number of benzene rings is 2. The lowest BCUT2D eigenvalue weighted by atomic mass is 9.98. The van der Waals surface area contributed by atoms with Crippen LogP contribution < -0.4 is 11.1 Å². The molecule has 3 aromatic rings. The summed E-state index contributed by atoms with van der Waals surface area (Å²) in [5, 5.41) is 22.7. The van der Waals surface area contributed by atoms with E-state index in [1.807, 2.05) is 48.5 Å². The first-order valence-corrected chi connectivity index (χ1v) is 10.6. The first kappa shape index (κ1) is 22.3. The summed E-state index contributed by atoms with van der Waals surface area (Å²) in [5.41, 5.74) is 9.78. The molecule has 0 saturated heterocycles. The van der Waals surface area contributed by atoms with Crippen molar-refractivity contribution in [3.63, 3.8) is 0 Å². The predicted octanol–water partition coefficient (Wildman–Crippen LogP) is 3.30. The van der Waals surface area contributed by atoms with Gasteiger partial charge in [0.1, 0.15) is 29.1 Å². The minimum atomic E-state index is -1.54. The van der Waals surface area contributed by atoms with Gasteiger partial charge in [0.2, 0.25) is 5.95 Å². The summed E-state index contributed by atoms with van der Waals surface area (Å²) in [6, 6.07) is 16.0. The molecule has 2 unspecified atom stereocenters. The Morgan fingerprint density at radius 3 is 2.12 bits per heavy atom. The normalized spacial score (nSPS) is 14.4.